The number of aryl methyl sites for hydroxylation is 1. The Kier molecular flexibility index (Phi) is 3.56. The lowest BCUT2D eigenvalue weighted by Gasteiger charge is -2.21. The first kappa shape index (κ1) is 11.1. The number of hydrogen-bond donors (Lipinski definition) is 1. The summed E-state index contributed by atoms with van der Waals surface area (Å²) in [7, 11) is 0. The zero-order chi connectivity index (χ0) is 11.4. The third kappa shape index (κ3) is 2.61. The van der Waals surface area contributed by atoms with E-state index in [1.54, 1.807) is 6.33 Å². The van der Waals surface area contributed by atoms with Gasteiger partial charge in [0, 0.05) is 25.7 Å². The summed E-state index contributed by atoms with van der Waals surface area (Å²) in [5, 5.41) is 2.79. The van der Waals surface area contributed by atoms with Crippen molar-refractivity contribution in [2.45, 2.75) is 32.4 Å². The van der Waals surface area contributed by atoms with E-state index in [9.17, 15) is 4.79 Å². The van der Waals surface area contributed by atoms with Crippen LogP contribution in [0.5, 0.6) is 0 Å². The molecule has 0 radical (unpaired) electrons. The Hall–Kier alpha value is -1.36. The number of morpholine rings is 1. The van der Waals surface area contributed by atoms with Gasteiger partial charge in [-0.1, -0.05) is 6.92 Å². The summed E-state index contributed by atoms with van der Waals surface area (Å²) in [5.41, 5.74) is 0.913. The molecule has 1 N–H and O–H groups in total. The third-order valence-electron chi connectivity index (χ3n) is 2.58. The standard InChI is InChI=1S/C11H17N3O2/c1-2-4-14-7-9(13-8-14)6-10-11(15)12-3-5-16-10/h7-8,10H,2-6H2,1H3,(H,12,15)/t10-/m0/s1. The van der Waals surface area contributed by atoms with Crippen molar-refractivity contribution in [2.24, 2.45) is 0 Å². The summed E-state index contributed by atoms with van der Waals surface area (Å²) in [5.74, 6) is -0.0312. The second-order valence-electron chi connectivity index (χ2n) is 3.96. The fourth-order valence-corrected chi connectivity index (χ4v) is 1.80. The van der Waals surface area contributed by atoms with Crippen LogP contribution in [0.15, 0.2) is 12.5 Å². The van der Waals surface area contributed by atoms with Crippen LogP contribution in [-0.2, 0) is 22.5 Å². The molecule has 0 spiro atoms. The molecule has 16 heavy (non-hydrogen) atoms. The first-order chi connectivity index (χ1) is 7.79. The van der Waals surface area contributed by atoms with Crippen molar-refractivity contribution in [2.75, 3.05) is 13.2 Å². The van der Waals surface area contributed by atoms with Gasteiger partial charge in [-0.25, -0.2) is 4.98 Å². The van der Waals surface area contributed by atoms with Gasteiger partial charge in [0.15, 0.2) is 0 Å². The lowest BCUT2D eigenvalue weighted by atomic mass is 10.2. The van der Waals surface area contributed by atoms with Gasteiger partial charge in [-0.2, -0.15) is 0 Å². The van der Waals surface area contributed by atoms with Gasteiger partial charge in [-0.05, 0) is 6.42 Å². The Morgan fingerprint density at radius 2 is 2.56 bits per heavy atom. The minimum Gasteiger partial charge on any atom is -0.366 e. The molecular weight excluding hydrogens is 206 g/mol. The second kappa shape index (κ2) is 5.12. The Bertz CT molecular complexity index is 362. The fraction of sp³-hybridized carbons (Fsp3) is 0.636. The van der Waals surface area contributed by atoms with E-state index < -0.39 is 0 Å². The van der Waals surface area contributed by atoms with Gasteiger partial charge in [0.25, 0.3) is 0 Å². The summed E-state index contributed by atoms with van der Waals surface area (Å²) in [6.45, 7) is 4.29. The molecule has 1 aliphatic rings. The first-order valence-electron chi connectivity index (χ1n) is 5.69. The zero-order valence-electron chi connectivity index (χ0n) is 9.48. The minimum absolute atomic E-state index is 0.0312. The first-order valence-corrected chi connectivity index (χ1v) is 5.69. The van der Waals surface area contributed by atoms with Crippen molar-refractivity contribution in [3.05, 3.63) is 18.2 Å². The highest BCUT2D eigenvalue weighted by Crippen LogP contribution is 2.07. The van der Waals surface area contributed by atoms with Gasteiger partial charge in [0.2, 0.25) is 5.91 Å². The quantitative estimate of drug-likeness (QED) is 0.801. The van der Waals surface area contributed by atoms with Crippen LogP contribution in [0.4, 0.5) is 0 Å². The van der Waals surface area contributed by atoms with Crippen LogP contribution in [0.1, 0.15) is 19.0 Å². The fourth-order valence-electron chi connectivity index (χ4n) is 1.80. The number of rotatable bonds is 4. The van der Waals surface area contributed by atoms with Gasteiger partial charge >= 0.3 is 0 Å². The number of aromatic nitrogens is 2. The number of carbonyl (C=O) groups excluding carboxylic acids is 1. The molecule has 5 heteroatoms. The van der Waals surface area contributed by atoms with Crippen molar-refractivity contribution in [1.29, 1.82) is 0 Å². The molecule has 2 heterocycles. The molecule has 1 amide bonds. The molecule has 88 valence electrons. The molecule has 1 aromatic rings. The molecule has 1 aliphatic heterocycles. The van der Waals surface area contributed by atoms with Crippen molar-refractivity contribution >= 4 is 5.91 Å². The highest BCUT2D eigenvalue weighted by molar-refractivity contribution is 5.81. The predicted molar refractivity (Wildman–Crippen MR) is 59.0 cm³/mol. The normalized spacial score (nSPS) is 20.8. The van der Waals surface area contributed by atoms with E-state index in [4.69, 9.17) is 4.74 Å². The topological polar surface area (TPSA) is 56.1 Å². The van der Waals surface area contributed by atoms with E-state index in [1.807, 2.05) is 10.8 Å². The monoisotopic (exact) mass is 223 g/mol. The molecule has 0 bridgehead atoms. The van der Waals surface area contributed by atoms with E-state index in [0.717, 1.165) is 18.7 Å². The number of imidazole rings is 1. The summed E-state index contributed by atoms with van der Waals surface area (Å²) in [6, 6.07) is 0. The second-order valence-corrected chi connectivity index (χ2v) is 3.96. The molecule has 1 atom stereocenters. The SMILES string of the molecule is CCCn1cnc(C[C@@H]2OCCNC2=O)c1. The Labute approximate surface area is 94.8 Å². The van der Waals surface area contributed by atoms with Crippen LogP contribution in [0.2, 0.25) is 0 Å². The summed E-state index contributed by atoms with van der Waals surface area (Å²) >= 11 is 0. The van der Waals surface area contributed by atoms with Crippen molar-refractivity contribution < 1.29 is 9.53 Å². The highest BCUT2D eigenvalue weighted by Gasteiger charge is 2.23. The number of hydrogen-bond acceptors (Lipinski definition) is 3. The van der Waals surface area contributed by atoms with Crippen molar-refractivity contribution in [3.8, 4) is 0 Å². The maximum absolute atomic E-state index is 11.5. The lowest BCUT2D eigenvalue weighted by molar-refractivity contribution is -0.137. The van der Waals surface area contributed by atoms with E-state index in [2.05, 4.69) is 17.2 Å². The summed E-state index contributed by atoms with van der Waals surface area (Å²) < 4.78 is 7.44. The van der Waals surface area contributed by atoms with E-state index in [1.165, 1.54) is 0 Å². The van der Waals surface area contributed by atoms with Crippen LogP contribution >= 0.6 is 0 Å². The number of nitrogens with zero attached hydrogens (tertiary/aromatic N) is 2. The minimum atomic E-state index is -0.376. The summed E-state index contributed by atoms with van der Waals surface area (Å²) in [6.07, 6.45) is 5.05. The maximum Gasteiger partial charge on any atom is 0.249 e. The number of carbonyl (C=O) groups is 1. The predicted octanol–water partition coefficient (Wildman–Crippen LogP) is 0.351. The van der Waals surface area contributed by atoms with Crippen molar-refractivity contribution in [3.63, 3.8) is 0 Å². The van der Waals surface area contributed by atoms with Gasteiger partial charge in [-0.3, -0.25) is 4.79 Å². The van der Waals surface area contributed by atoms with Crippen LogP contribution in [-0.4, -0.2) is 34.7 Å². The number of nitrogens with one attached hydrogen (secondary N) is 1. The maximum atomic E-state index is 11.5. The molecule has 0 aliphatic carbocycles. The van der Waals surface area contributed by atoms with Crippen LogP contribution in [0, 0.1) is 0 Å². The average molecular weight is 223 g/mol. The van der Waals surface area contributed by atoms with Crippen LogP contribution in [0.25, 0.3) is 0 Å². The zero-order valence-corrected chi connectivity index (χ0v) is 9.48. The van der Waals surface area contributed by atoms with Crippen LogP contribution in [0.3, 0.4) is 0 Å². The van der Waals surface area contributed by atoms with Crippen molar-refractivity contribution in [1.82, 2.24) is 14.9 Å². The van der Waals surface area contributed by atoms with E-state index >= 15 is 0 Å². The largest absolute Gasteiger partial charge is 0.366 e. The molecule has 5 nitrogen and oxygen atoms in total. The Morgan fingerprint density at radius 1 is 1.69 bits per heavy atom. The number of amides is 1. The highest BCUT2D eigenvalue weighted by atomic mass is 16.5. The molecule has 1 saturated heterocycles. The molecule has 1 fully saturated rings. The van der Waals surface area contributed by atoms with Crippen LogP contribution < -0.4 is 5.32 Å². The van der Waals surface area contributed by atoms with E-state index in [-0.39, 0.29) is 12.0 Å². The molecule has 0 saturated carbocycles. The Morgan fingerprint density at radius 3 is 3.31 bits per heavy atom. The Balaban J connectivity index is 1.94. The van der Waals surface area contributed by atoms with E-state index in [0.29, 0.717) is 19.6 Å². The van der Waals surface area contributed by atoms with Gasteiger partial charge in [-0.15, -0.1) is 0 Å². The molecule has 2 rings (SSSR count). The molecule has 0 unspecified atom stereocenters. The smallest absolute Gasteiger partial charge is 0.249 e. The molecular formula is C11H17N3O2. The third-order valence-corrected chi connectivity index (χ3v) is 2.58. The average Bonchev–Trinajstić information content (AvgIpc) is 2.70. The van der Waals surface area contributed by atoms with Gasteiger partial charge in [0.05, 0.1) is 18.6 Å². The number of ether oxygens (including phenoxy) is 1. The lowest BCUT2D eigenvalue weighted by Crippen LogP contribution is -2.45. The van der Waals surface area contributed by atoms with Gasteiger partial charge < -0.3 is 14.6 Å². The molecule has 1 aromatic heterocycles. The summed E-state index contributed by atoms with van der Waals surface area (Å²) in [4.78, 5) is 15.7. The van der Waals surface area contributed by atoms with Gasteiger partial charge in [0.1, 0.15) is 6.10 Å². The molecule has 0 aromatic carbocycles.